The largest absolute Gasteiger partial charge is 0.493 e. The molecule has 0 aliphatic carbocycles. The van der Waals surface area contributed by atoms with E-state index in [0.29, 0.717) is 18.0 Å². The van der Waals surface area contributed by atoms with Crippen molar-refractivity contribution in [3.8, 4) is 11.5 Å². The van der Waals surface area contributed by atoms with Crippen molar-refractivity contribution in [1.29, 1.82) is 0 Å². The van der Waals surface area contributed by atoms with E-state index in [0.717, 1.165) is 16.7 Å². The van der Waals surface area contributed by atoms with E-state index in [9.17, 15) is 9.59 Å². The molecule has 2 fully saturated rings. The number of amides is 2. The molecular formula is C27H26N2O5. The second-order valence-corrected chi connectivity index (χ2v) is 8.37. The molecule has 3 atom stereocenters. The standard InChI is InChI=1S/C27H26N2O5/c1-32-22-14-13-20(15-23(22)33-2)24-25(26(30)28(24)16-18-9-5-3-6-10-18)29-21(17-34-27(29)31)19-11-7-4-8-12-19/h3-15,21,24-25H,16-17H2,1-2H3/t21-,24-,25+/m1/s1. The Kier molecular flexibility index (Phi) is 5.84. The fourth-order valence-electron chi connectivity index (χ4n) is 4.83. The first-order valence-electron chi connectivity index (χ1n) is 11.2. The van der Waals surface area contributed by atoms with Crippen molar-refractivity contribution in [2.45, 2.75) is 24.7 Å². The Bertz CT molecular complexity index is 1180. The minimum atomic E-state index is -0.679. The summed E-state index contributed by atoms with van der Waals surface area (Å²) in [4.78, 5) is 29.8. The molecule has 2 heterocycles. The molecular weight excluding hydrogens is 432 g/mol. The molecule has 2 saturated heterocycles. The van der Waals surface area contributed by atoms with Crippen LogP contribution in [0.15, 0.2) is 78.9 Å². The Morgan fingerprint density at radius 1 is 0.824 bits per heavy atom. The maximum Gasteiger partial charge on any atom is 0.411 e. The number of hydrogen-bond acceptors (Lipinski definition) is 5. The van der Waals surface area contributed by atoms with E-state index >= 15 is 0 Å². The van der Waals surface area contributed by atoms with E-state index in [-0.39, 0.29) is 24.6 Å². The maximum atomic E-state index is 13.6. The molecule has 0 saturated carbocycles. The third-order valence-electron chi connectivity index (χ3n) is 6.51. The van der Waals surface area contributed by atoms with E-state index in [4.69, 9.17) is 14.2 Å². The zero-order chi connectivity index (χ0) is 23.7. The molecule has 0 unspecified atom stereocenters. The number of ether oxygens (including phenoxy) is 3. The van der Waals surface area contributed by atoms with Crippen molar-refractivity contribution in [2.24, 2.45) is 0 Å². The van der Waals surface area contributed by atoms with Gasteiger partial charge < -0.3 is 19.1 Å². The Hall–Kier alpha value is -4.00. The van der Waals surface area contributed by atoms with Gasteiger partial charge in [0.2, 0.25) is 5.91 Å². The fourth-order valence-corrected chi connectivity index (χ4v) is 4.83. The van der Waals surface area contributed by atoms with Gasteiger partial charge in [-0.2, -0.15) is 0 Å². The molecule has 174 valence electrons. The number of β-lactam (4-membered cyclic amide) rings is 1. The number of likely N-dealkylation sites (tertiary alicyclic amines) is 1. The molecule has 2 aliphatic heterocycles. The molecule has 0 N–H and O–H groups in total. The zero-order valence-corrected chi connectivity index (χ0v) is 19.1. The number of cyclic esters (lactones) is 1. The fraction of sp³-hybridized carbons (Fsp3) is 0.259. The second-order valence-electron chi connectivity index (χ2n) is 8.37. The summed E-state index contributed by atoms with van der Waals surface area (Å²) in [5, 5.41) is 0. The molecule has 5 rings (SSSR count). The summed E-state index contributed by atoms with van der Waals surface area (Å²) in [5.41, 5.74) is 2.82. The van der Waals surface area contributed by atoms with Crippen molar-refractivity contribution in [3.63, 3.8) is 0 Å². The van der Waals surface area contributed by atoms with E-state index in [1.165, 1.54) is 0 Å². The van der Waals surface area contributed by atoms with Crippen LogP contribution in [0.3, 0.4) is 0 Å². The lowest BCUT2D eigenvalue weighted by molar-refractivity contribution is -0.160. The van der Waals surface area contributed by atoms with Crippen LogP contribution in [0.2, 0.25) is 0 Å². The zero-order valence-electron chi connectivity index (χ0n) is 19.1. The highest BCUT2D eigenvalue weighted by molar-refractivity contribution is 5.93. The number of methoxy groups -OCH3 is 2. The predicted octanol–water partition coefficient (Wildman–Crippen LogP) is 4.35. The van der Waals surface area contributed by atoms with Crippen molar-refractivity contribution >= 4 is 12.0 Å². The average molecular weight is 459 g/mol. The van der Waals surface area contributed by atoms with Crippen LogP contribution in [0.25, 0.3) is 0 Å². The minimum absolute atomic E-state index is 0.108. The summed E-state index contributed by atoms with van der Waals surface area (Å²) in [6, 6.07) is 23.8. The molecule has 7 nitrogen and oxygen atoms in total. The third-order valence-corrected chi connectivity index (χ3v) is 6.51. The minimum Gasteiger partial charge on any atom is -0.493 e. The first-order valence-corrected chi connectivity index (χ1v) is 11.2. The summed E-state index contributed by atoms with van der Waals surface area (Å²) in [7, 11) is 3.16. The Morgan fingerprint density at radius 3 is 2.18 bits per heavy atom. The van der Waals surface area contributed by atoms with Gasteiger partial charge in [-0.1, -0.05) is 66.7 Å². The van der Waals surface area contributed by atoms with Gasteiger partial charge in [-0.25, -0.2) is 4.79 Å². The van der Waals surface area contributed by atoms with Gasteiger partial charge in [0, 0.05) is 6.54 Å². The maximum absolute atomic E-state index is 13.6. The molecule has 0 aromatic heterocycles. The smallest absolute Gasteiger partial charge is 0.411 e. The molecule has 7 heteroatoms. The number of rotatable bonds is 7. The Labute approximate surface area is 198 Å². The average Bonchev–Trinajstić information content (AvgIpc) is 3.26. The van der Waals surface area contributed by atoms with Crippen molar-refractivity contribution in [2.75, 3.05) is 20.8 Å². The summed E-state index contributed by atoms with van der Waals surface area (Å²) in [5.74, 6) is 1.07. The third kappa shape index (κ3) is 3.73. The van der Waals surface area contributed by atoms with Gasteiger partial charge in [0.25, 0.3) is 0 Å². The summed E-state index contributed by atoms with van der Waals surface area (Å²) in [6.07, 6.45) is -0.475. The molecule has 3 aromatic carbocycles. The number of carbonyl (C=O) groups excluding carboxylic acids is 2. The van der Waals surface area contributed by atoms with E-state index in [2.05, 4.69) is 0 Å². The summed E-state index contributed by atoms with van der Waals surface area (Å²) < 4.78 is 16.3. The molecule has 3 aromatic rings. The lowest BCUT2D eigenvalue weighted by Crippen LogP contribution is -2.65. The first-order chi connectivity index (χ1) is 16.6. The highest BCUT2D eigenvalue weighted by Gasteiger charge is 2.56. The van der Waals surface area contributed by atoms with Crippen LogP contribution >= 0.6 is 0 Å². The van der Waals surface area contributed by atoms with Gasteiger partial charge in [-0.3, -0.25) is 9.69 Å². The van der Waals surface area contributed by atoms with Gasteiger partial charge in [0.1, 0.15) is 12.6 Å². The molecule has 34 heavy (non-hydrogen) atoms. The molecule has 0 radical (unpaired) electrons. The van der Waals surface area contributed by atoms with Crippen LogP contribution in [0, 0.1) is 0 Å². The molecule has 0 bridgehead atoms. The number of hydrogen-bond donors (Lipinski definition) is 0. The van der Waals surface area contributed by atoms with Crippen molar-refractivity contribution in [3.05, 3.63) is 95.6 Å². The van der Waals surface area contributed by atoms with Gasteiger partial charge in [0.05, 0.1) is 26.3 Å². The summed E-state index contributed by atoms with van der Waals surface area (Å²) >= 11 is 0. The highest BCUT2D eigenvalue weighted by atomic mass is 16.6. The van der Waals surface area contributed by atoms with Gasteiger partial charge >= 0.3 is 6.09 Å². The van der Waals surface area contributed by atoms with E-state index in [1.807, 2.05) is 78.9 Å². The first kappa shape index (κ1) is 21.8. The quantitative estimate of drug-likeness (QED) is 0.493. The van der Waals surface area contributed by atoms with Gasteiger partial charge in [-0.05, 0) is 28.8 Å². The monoisotopic (exact) mass is 458 g/mol. The van der Waals surface area contributed by atoms with Crippen LogP contribution in [0.5, 0.6) is 11.5 Å². The summed E-state index contributed by atoms with van der Waals surface area (Å²) in [6.45, 7) is 0.651. The van der Waals surface area contributed by atoms with E-state index in [1.54, 1.807) is 24.0 Å². The van der Waals surface area contributed by atoms with E-state index < -0.39 is 12.1 Å². The second kappa shape index (κ2) is 9.09. The lowest BCUT2D eigenvalue weighted by atomic mass is 9.85. The van der Waals surface area contributed by atoms with Crippen molar-refractivity contribution in [1.82, 2.24) is 9.80 Å². The van der Waals surface area contributed by atoms with Crippen LogP contribution in [-0.2, 0) is 16.1 Å². The Morgan fingerprint density at radius 2 is 1.50 bits per heavy atom. The van der Waals surface area contributed by atoms with Crippen LogP contribution in [-0.4, -0.2) is 48.7 Å². The van der Waals surface area contributed by atoms with Gasteiger partial charge in [-0.15, -0.1) is 0 Å². The van der Waals surface area contributed by atoms with Crippen LogP contribution < -0.4 is 9.47 Å². The normalized spacial score (nSPS) is 21.8. The van der Waals surface area contributed by atoms with Crippen LogP contribution in [0.1, 0.15) is 28.8 Å². The SMILES string of the molecule is COc1ccc([C@@H]2[C@H](N3C(=O)OC[C@@H]3c3ccccc3)C(=O)N2Cc2ccccc2)cc1OC. The molecule has 2 amide bonds. The van der Waals surface area contributed by atoms with Gasteiger partial charge in [0.15, 0.2) is 11.5 Å². The van der Waals surface area contributed by atoms with Crippen molar-refractivity contribution < 1.29 is 23.8 Å². The Balaban J connectivity index is 1.54. The number of nitrogens with zero attached hydrogens (tertiary/aromatic N) is 2. The van der Waals surface area contributed by atoms with Crippen LogP contribution in [0.4, 0.5) is 4.79 Å². The lowest BCUT2D eigenvalue weighted by Gasteiger charge is -2.51. The highest BCUT2D eigenvalue weighted by Crippen LogP contribution is 2.45. The number of benzene rings is 3. The molecule has 2 aliphatic rings. The topological polar surface area (TPSA) is 68.3 Å². The predicted molar refractivity (Wildman–Crippen MR) is 125 cm³/mol. The molecule has 0 spiro atoms. The number of carbonyl (C=O) groups is 2.